The second kappa shape index (κ2) is 7.66. The number of nitrogens with two attached hydrogens (primary N) is 1. The van der Waals surface area contributed by atoms with Gasteiger partial charge < -0.3 is 5.73 Å². The van der Waals surface area contributed by atoms with E-state index in [1.807, 2.05) is 0 Å². The van der Waals surface area contributed by atoms with Crippen LogP contribution in [0.1, 0.15) is 42.5 Å². The molecule has 0 aliphatic rings. The molecule has 1 rings (SSSR count). The summed E-state index contributed by atoms with van der Waals surface area (Å²) in [5.41, 5.74) is 11.3. The Morgan fingerprint density at radius 3 is 2.16 bits per heavy atom. The van der Waals surface area contributed by atoms with Crippen molar-refractivity contribution in [3.63, 3.8) is 0 Å². The molecule has 0 saturated heterocycles. The summed E-state index contributed by atoms with van der Waals surface area (Å²) in [6, 6.07) is 4.58. The van der Waals surface area contributed by atoms with Gasteiger partial charge in [-0.3, -0.25) is 4.90 Å². The number of hydrogen-bond donors (Lipinski definition) is 1. The summed E-state index contributed by atoms with van der Waals surface area (Å²) in [6.07, 6.45) is 1.08. The Balaban J connectivity index is 2.83. The van der Waals surface area contributed by atoms with E-state index in [2.05, 4.69) is 51.7 Å². The van der Waals surface area contributed by atoms with Crippen molar-refractivity contribution < 1.29 is 0 Å². The Hall–Kier alpha value is -0.860. The molecule has 108 valence electrons. The lowest BCUT2D eigenvalue weighted by Crippen LogP contribution is -2.30. The first-order valence-electron chi connectivity index (χ1n) is 7.43. The van der Waals surface area contributed by atoms with Crippen LogP contribution in [-0.2, 0) is 6.54 Å². The summed E-state index contributed by atoms with van der Waals surface area (Å²) in [5, 5.41) is 0. The van der Waals surface area contributed by atoms with Crippen LogP contribution < -0.4 is 5.73 Å². The molecule has 0 bridgehead atoms. The third-order valence-corrected chi connectivity index (χ3v) is 3.52. The first-order chi connectivity index (χ1) is 8.93. The van der Waals surface area contributed by atoms with E-state index in [-0.39, 0.29) is 0 Å². The molecule has 0 atom stereocenters. The number of hydrogen-bond acceptors (Lipinski definition) is 2. The van der Waals surface area contributed by atoms with E-state index in [0.29, 0.717) is 5.92 Å². The molecule has 0 fully saturated rings. The number of aryl methyl sites for hydroxylation is 3. The number of nitrogens with zero attached hydrogens (tertiary/aromatic N) is 1. The van der Waals surface area contributed by atoms with Gasteiger partial charge in [0.15, 0.2) is 0 Å². The second-order valence-corrected chi connectivity index (χ2v) is 6.15. The molecular weight excluding hydrogens is 232 g/mol. The van der Waals surface area contributed by atoms with Crippen LogP contribution in [0.4, 0.5) is 0 Å². The van der Waals surface area contributed by atoms with Crippen molar-refractivity contribution in [1.29, 1.82) is 0 Å². The highest BCUT2D eigenvalue weighted by atomic mass is 15.1. The van der Waals surface area contributed by atoms with Gasteiger partial charge in [-0.1, -0.05) is 31.5 Å². The minimum atomic E-state index is 0.698. The molecule has 1 aromatic rings. The molecule has 2 nitrogen and oxygen atoms in total. The number of benzene rings is 1. The highest BCUT2D eigenvalue weighted by Gasteiger charge is 2.11. The first-order valence-corrected chi connectivity index (χ1v) is 7.43. The van der Waals surface area contributed by atoms with Crippen molar-refractivity contribution in [2.75, 3.05) is 19.6 Å². The smallest absolute Gasteiger partial charge is 0.0239 e. The molecule has 19 heavy (non-hydrogen) atoms. The minimum Gasteiger partial charge on any atom is -0.330 e. The summed E-state index contributed by atoms with van der Waals surface area (Å²) < 4.78 is 0. The SMILES string of the molecule is Cc1cc(C)c(CN(CCCN)CC(C)C)c(C)c1. The van der Waals surface area contributed by atoms with Gasteiger partial charge >= 0.3 is 0 Å². The molecule has 2 N–H and O–H groups in total. The van der Waals surface area contributed by atoms with E-state index >= 15 is 0 Å². The molecular formula is C17H30N2. The number of rotatable bonds is 7. The Labute approximate surface area is 119 Å². The maximum absolute atomic E-state index is 5.65. The monoisotopic (exact) mass is 262 g/mol. The molecule has 1 aromatic carbocycles. The maximum atomic E-state index is 5.65. The molecule has 0 radical (unpaired) electrons. The van der Waals surface area contributed by atoms with Crippen molar-refractivity contribution in [2.45, 2.75) is 47.6 Å². The van der Waals surface area contributed by atoms with Crippen molar-refractivity contribution in [3.8, 4) is 0 Å². The fourth-order valence-corrected chi connectivity index (χ4v) is 2.75. The molecule has 0 aliphatic carbocycles. The van der Waals surface area contributed by atoms with Gasteiger partial charge in [0, 0.05) is 13.1 Å². The van der Waals surface area contributed by atoms with Crippen LogP contribution in [0.3, 0.4) is 0 Å². The predicted octanol–water partition coefficient (Wildman–Crippen LogP) is 3.42. The van der Waals surface area contributed by atoms with Crippen LogP contribution in [0.25, 0.3) is 0 Å². The predicted molar refractivity (Wildman–Crippen MR) is 84.4 cm³/mol. The summed E-state index contributed by atoms with van der Waals surface area (Å²) >= 11 is 0. The fourth-order valence-electron chi connectivity index (χ4n) is 2.75. The molecule has 0 spiro atoms. The Morgan fingerprint density at radius 1 is 1.11 bits per heavy atom. The molecule has 0 heterocycles. The van der Waals surface area contributed by atoms with Gasteiger partial charge in [-0.05, 0) is 62.9 Å². The lowest BCUT2D eigenvalue weighted by Gasteiger charge is -2.26. The molecule has 0 unspecified atom stereocenters. The van der Waals surface area contributed by atoms with Gasteiger partial charge in [-0.15, -0.1) is 0 Å². The normalized spacial score (nSPS) is 11.6. The van der Waals surface area contributed by atoms with Crippen molar-refractivity contribution in [3.05, 3.63) is 34.4 Å². The largest absolute Gasteiger partial charge is 0.330 e. The standard InChI is InChI=1S/C17H30N2/c1-13(2)11-19(8-6-7-18)12-17-15(4)9-14(3)10-16(17)5/h9-10,13H,6-8,11-12,18H2,1-5H3. The molecule has 0 aliphatic heterocycles. The van der Waals surface area contributed by atoms with Gasteiger partial charge in [0.05, 0.1) is 0 Å². The average Bonchev–Trinajstić information content (AvgIpc) is 2.29. The van der Waals surface area contributed by atoms with Gasteiger partial charge in [0.2, 0.25) is 0 Å². The Kier molecular flexibility index (Phi) is 6.53. The highest BCUT2D eigenvalue weighted by molar-refractivity contribution is 5.37. The lowest BCUT2D eigenvalue weighted by atomic mass is 9.99. The summed E-state index contributed by atoms with van der Waals surface area (Å²) in [5.74, 6) is 0.698. The topological polar surface area (TPSA) is 29.3 Å². The van der Waals surface area contributed by atoms with Gasteiger partial charge in [-0.25, -0.2) is 0 Å². The molecule has 0 amide bonds. The molecule has 0 saturated carbocycles. The van der Waals surface area contributed by atoms with Crippen LogP contribution >= 0.6 is 0 Å². The van der Waals surface area contributed by atoms with Crippen molar-refractivity contribution >= 4 is 0 Å². The first kappa shape index (κ1) is 16.2. The van der Waals surface area contributed by atoms with E-state index in [0.717, 1.165) is 32.6 Å². The van der Waals surface area contributed by atoms with E-state index in [4.69, 9.17) is 5.73 Å². The molecule has 2 heteroatoms. The second-order valence-electron chi connectivity index (χ2n) is 6.15. The van der Waals surface area contributed by atoms with Crippen LogP contribution in [0, 0.1) is 26.7 Å². The highest BCUT2D eigenvalue weighted by Crippen LogP contribution is 2.19. The Morgan fingerprint density at radius 2 is 1.68 bits per heavy atom. The lowest BCUT2D eigenvalue weighted by molar-refractivity contribution is 0.234. The fraction of sp³-hybridized carbons (Fsp3) is 0.647. The third-order valence-electron chi connectivity index (χ3n) is 3.52. The zero-order chi connectivity index (χ0) is 14.4. The van der Waals surface area contributed by atoms with Crippen LogP contribution in [0.2, 0.25) is 0 Å². The zero-order valence-electron chi connectivity index (χ0n) is 13.3. The van der Waals surface area contributed by atoms with Gasteiger partial charge in [0.25, 0.3) is 0 Å². The quantitative estimate of drug-likeness (QED) is 0.816. The van der Waals surface area contributed by atoms with Crippen molar-refractivity contribution in [2.24, 2.45) is 11.7 Å². The van der Waals surface area contributed by atoms with Crippen LogP contribution in [0.5, 0.6) is 0 Å². The Bertz CT molecular complexity index is 373. The zero-order valence-corrected chi connectivity index (χ0v) is 13.3. The summed E-state index contributed by atoms with van der Waals surface area (Å²) in [6.45, 7) is 15.3. The summed E-state index contributed by atoms with van der Waals surface area (Å²) in [4.78, 5) is 2.54. The molecule has 0 aromatic heterocycles. The average molecular weight is 262 g/mol. The van der Waals surface area contributed by atoms with E-state index < -0.39 is 0 Å². The van der Waals surface area contributed by atoms with Crippen LogP contribution in [0.15, 0.2) is 12.1 Å². The minimum absolute atomic E-state index is 0.698. The van der Waals surface area contributed by atoms with Gasteiger partial charge in [-0.2, -0.15) is 0 Å². The van der Waals surface area contributed by atoms with E-state index in [9.17, 15) is 0 Å². The third kappa shape index (κ3) is 5.33. The summed E-state index contributed by atoms with van der Waals surface area (Å²) in [7, 11) is 0. The van der Waals surface area contributed by atoms with Gasteiger partial charge in [0.1, 0.15) is 0 Å². The van der Waals surface area contributed by atoms with Crippen LogP contribution in [-0.4, -0.2) is 24.5 Å². The van der Waals surface area contributed by atoms with Crippen molar-refractivity contribution in [1.82, 2.24) is 4.90 Å². The van der Waals surface area contributed by atoms with E-state index in [1.54, 1.807) is 0 Å². The maximum Gasteiger partial charge on any atom is 0.0239 e. The van der Waals surface area contributed by atoms with E-state index in [1.165, 1.54) is 22.3 Å².